The van der Waals surface area contributed by atoms with Crippen molar-refractivity contribution in [2.24, 2.45) is 0 Å². The van der Waals surface area contributed by atoms with Crippen LogP contribution in [0.5, 0.6) is 5.75 Å². The fourth-order valence-corrected chi connectivity index (χ4v) is 1.73. The third-order valence-corrected chi connectivity index (χ3v) is 2.66. The maximum Gasteiger partial charge on any atom is 0.168 e. The minimum Gasteiger partial charge on any atom is -0.494 e. The lowest BCUT2D eigenvalue weighted by molar-refractivity contribution is 0.383. The Balaban J connectivity index is 2.60. The molecule has 0 amide bonds. The molecule has 0 radical (unpaired) electrons. The third kappa shape index (κ3) is 3.49. The topological polar surface area (TPSA) is 21.3 Å². The van der Waals surface area contributed by atoms with E-state index in [1.165, 1.54) is 7.11 Å². The van der Waals surface area contributed by atoms with E-state index in [4.69, 9.17) is 4.74 Å². The number of hydrogen-bond donors (Lipinski definition) is 1. The average molecular weight is 225 g/mol. The minimum atomic E-state index is -0.228. The summed E-state index contributed by atoms with van der Waals surface area (Å²) in [5.74, 6) is 0.0994. The van der Waals surface area contributed by atoms with E-state index in [1.54, 1.807) is 6.07 Å². The maximum absolute atomic E-state index is 13.8. The Bertz CT molecular complexity index is 328. The van der Waals surface area contributed by atoms with Gasteiger partial charge < -0.3 is 10.1 Å². The van der Waals surface area contributed by atoms with Crippen LogP contribution in [-0.2, 0) is 6.42 Å². The largest absolute Gasteiger partial charge is 0.494 e. The summed E-state index contributed by atoms with van der Waals surface area (Å²) >= 11 is 0. The summed E-state index contributed by atoms with van der Waals surface area (Å²) < 4.78 is 18.7. The summed E-state index contributed by atoms with van der Waals surface area (Å²) in [6, 6.07) is 5.70. The van der Waals surface area contributed by atoms with Crippen molar-refractivity contribution in [3.63, 3.8) is 0 Å². The van der Waals surface area contributed by atoms with Gasteiger partial charge in [0.25, 0.3) is 0 Å². The standard InChI is InChI=1S/C13H20FNO/c1-4-15-10(2)8-9-11-6-5-7-12(16-3)13(11)14/h5-7,10,15H,4,8-9H2,1-3H3. The van der Waals surface area contributed by atoms with E-state index in [2.05, 4.69) is 19.2 Å². The van der Waals surface area contributed by atoms with Gasteiger partial charge >= 0.3 is 0 Å². The lowest BCUT2D eigenvalue weighted by Crippen LogP contribution is -2.26. The quantitative estimate of drug-likeness (QED) is 0.803. The van der Waals surface area contributed by atoms with Crippen LogP contribution >= 0.6 is 0 Å². The van der Waals surface area contributed by atoms with Gasteiger partial charge in [0.15, 0.2) is 11.6 Å². The van der Waals surface area contributed by atoms with Crippen molar-refractivity contribution in [1.29, 1.82) is 0 Å². The van der Waals surface area contributed by atoms with E-state index in [0.717, 1.165) is 24.9 Å². The molecule has 0 fully saturated rings. The zero-order chi connectivity index (χ0) is 12.0. The molecule has 0 saturated carbocycles. The van der Waals surface area contributed by atoms with Gasteiger partial charge in [-0.3, -0.25) is 0 Å². The van der Waals surface area contributed by atoms with Crippen LogP contribution in [0.25, 0.3) is 0 Å². The van der Waals surface area contributed by atoms with Gasteiger partial charge in [-0.05, 0) is 37.9 Å². The number of aryl methyl sites for hydroxylation is 1. The van der Waals surface area contributed by atoms with E-state index in [0.29, 0.717) is 11.8 Å². The van der Waals surface area contributed by atoms with Crippen molar-refractivity contribution in [2.75, 3.05) is 13.7 Å². The average Bonchev–Trinajstić information content (AvgIpc) is 2.28. The van der Waals surface area contributed by atoms with Crippen molar-refractivity contribution in [3.8, 4) is 5.75 Å². The second-order valence-corrected chi connectivity index (χ2v) is 3.93. The van der Waals surface area contributed by atoms with Crippen LogP contribution in [-0.4, -0.2) is 19.7 Å². The maximum atomic E-state index is 13.8. The summed E-state index contributed by atoms with van der Waals surface area (Å²) in [6.45, 7) is 5.13. The van der Waals surface area contributed by atoms with Crippen molar-refractivity contribution in [3.05, 3.63) is 29.6 Å². The summed E-state index contributed by atoms with van der Waals surface area (Å²) in [4.78, 5) is 0. The molecule has 0 aliphatic carbocycles. The molecular formula is C13H20FNO. The Hall–Kier alpha value is -1.09. The summed E-state index contributed by atoms with van der Waals surface area (Å²) in [6.07, 6.45) is 1.66. The monoisotopic (exact) mass is 225 g/mol. The first-order valence-corrected chi connectivity index (χ1v) is 5.73. The number of ether oxygens (including phenoxy) is 1. The summed E-state index contributed by atoms with van der Waals surface area (Å²) in [5, 5.41) is 3.31. The molecule has 3 heteroatoms. The molecule has 16 heavy (non-hydrogen) atoms. The second-order valence-electron chi connectivity index (χ2n) is 3.93. The van der Waals surface area contributed by atoms with Crippen molar-refractivity contribution in [1.82, 2.24) is 5.32 Å². The van der Waals surface area contributed by atoms with Gasteiger partial charge in [0.2, 0.25) is 0 Å². The molecule has 0 bridgehead atoms. The van der Waals surface area contributed by atoms with Gasteiger partial charge in [-0.15, -0.1) is 0 Å². The van der Waals surface area contributed by atoms with Gasteiger partial charge in [0.05, 0.1) is 7.11 Å². The first kappa shape index (κ1) is 13.0. The van der Waals surface area contributed by atoms with Crippen LogP contribution in [0.1, 0.15) is 25.8 Å². The number of hydrogen-bond acceptors (Lipinski definition) is 2. The molecule has 0 heterocycles. The highest BCUT2D eigenvalue weighted by atomic mass is 19.1. The van der Waals surface area contributed by atoms with Gasteiger partial charge in [0.1, 0.15) is 0 Å². The highest BCUT2D eigenvalue weighted by Crippen LogP contribution is 2.21. The summed E-state index contributed by atoms with van der Waals surface area (Å²) in [7, 11) is 1.49. The highest BCUT2D eigenvalue weighted by molar-refractivity contribution is 5.31. The molecule has 1 N–H and O–H groups in total. The van der Waals surface area contributed by atoms with Crippen LogP contribution < -0.4 is 10.1 Å². The SMILES string of the molecule is CCNC(C)CCc1cccc(OC)c1F. The molecule has 2 nitrogen and oxygen atoms in total. The minimum absolute atomic E-state index is 0.228. The first-order chi connectivity index (χ1) is 7.69. The van der Waals surface area contributed by atoms with Crippen molar-refractivity contribution in [2.45, 2.75) is 32.7 Å². The Morgan fingerprint density at radius 2 is 2.19 bits per heavy atom. The Kier molecular flexibility index (Phi) is 5.26. The third-order valence-electron chi connectivity index (χ3n) is 2.66. The summed E-state index contributed by atoms with van der Waals surface area (Å²) in [5.41, 5.74) is 0.726. The van der Waals surface area contributed by atoms with E-state index in [1.807, 2.05) is 12.1 Å². The Morgan fingerprint density at radius 1 is 1.44 bits per heavy atom. The molecular weight excluding hydrogens is 205 g/mol. The van der Waals surface area contributed by atoms with Crippen LogP contribution in [0, 0.1) is 5.82 Å². The molecule has 1 aromatic carbocycles. The lowest BCUT2D eigenvalue weighted by atomic mass is 10.1. The molecule has 0 saturated heterocycles. The Labute approximate surface area is 96.8 Å². The van der Waals surface area contributed by atoms with Crippen molar-refractivity contribution < 1.29 is 9.13 Å². The molecule has 1 unspecified atom stereocenters. The first-order valence-electron chi connectivity index (χ1n) is 5.73. The molecule has 0 aromatic heterocycles. The molecule has 1 rings (SSSR count). The van der Waals surface area contributed by atoms with Crippen LogP contribution in [0.2, 0.25) is 0 Å². The smallest absolute Gasteiger partial charge is 0.168 e. The highest BCUT2D eigenvalue weighted by Gasteiger charge is 2.09. The predicted molar refractivity (Wildman–Crippen MR) is 64.4 cm³/mol. The lowest BCUT2D eigenvalue weighted by Gasteiger charge is -2.13. The van der Waals surface area contributed by atoms with E-state index >= 15 is 0 Å². The Morgan fingerprint density at radius 3 is 2.81 bits per heavy atom. The van der Waals surface area contributed by atoms with Crippen LogP contribution in [0.3, 0.4) is 0 Å². The van der Waals surface area contributed by atoms with Crippen LogP contribution in [0.15, 0.2) is 18.2 Å². The molecule has 0 spiro atoms. The number of benzene rings is 1. The van der Waals surface area contributed by atoms with E-state index in [-0.39, 0.29) is 5.82 Å². The normalized spacial score (nSPS) is 12.5. The zero-order valence-corrected chi connectivity index (χ0v) is 10.2. The molecule has 0 aliphatic heterocycles. The number of halogens is 1. The molecule has 0 aliphatic rings. The van der Waals surface area contributed by atoms with Gasteiger partial charge in [-0.25, -0.2) is 4.39 Å². The molecule has 1 atom stereocenters. The molecule has 90 valence electrons. The zero-order valence-electron chi connectivity index (χ0n) is 10.2. The van der Waals surface area contributed by atoms with Gasteiger partial charge in [-0.1, -0.05) is 19.1 Å². The fraction of sp³-hybridized carbons (Fsp3) is 0.538. The fourth-order valence-electron chi connectivity index (χ4n) is 1.73. The van der Waals surface area contributed by atoms with Crippen LogP contribution in [0.4, 0.5) is 4.39 Å². The van der Waals surface area contributed by atoms with Gasteiger partial charge in [-0.2, -0.15) is 0 Å². The van der Waals surface area contributed by atoms with E-state index < -0.39 is 0 Å². The van der Waals surface area contributed by atoms with E-state index in [9.17, 15) is 4.39 Å². The van der Waals surface area contributed by atoms with Crippen molar-refractivity contribution >= 4 is 0 Å². The number of rotatable bonds is 6. The predicted octanol–water partition coefficient (Wildman–Crippen LogP) is 2.76. The number of methoxy groups -OCH3 is 1. The second kappa shape index (κ2) is 6.48. The number of nitrogens with one attached hydrogen (secondary N) is 1. The molecule has 1 aromatic rings. The van der Waals surface area contributed by atoms with Gasteiger partial charge in [0, 0.05) is 6.04 Å².